The highest BCUT2D eigenvalue weighted by atomic mass is 19.1. The van der Waals surface area contributed by atoms with Crippen molar-refractivity contribution >= 4 is 0 Å². The Hall–Kier alpha value is -1.36. The number of hydrogen-bond acceptors (Lipinski definition) is 3. The molecular formula is C9H10F2O3. The third kappa shape index (κ3) is 2.11. The molecule has 0 radical (unpaired) electrons. The van der Waals surface area contributed by atoms with Gasteiger partial charge in [-0.05, 0) is 12.1 Å². The van der Waals surface area contributed by atoms with E-state index in [4.69, 9.17) is 4.74 Å². The van der Waals surface area contributed by atoms with Gasteiger partial charge in [-0.2, -0.15) is 4.39 Å². The molecule has 14 heavy (non-hydrogen) atoms. The van der Waals surface area contributed by atoms with Crippen LogP contribution in [0.4, 0.5) is 8.78 Å². The Morgan fingerprint density at radius 1 is 1.21 bits per heavy atom. The lowest BCUT2D eigenvalue weighted by Crippen LogP contribution is -2.03. The average Bonchev–Trinajstić information content (AvgIpc) is 2.18. The molecule has 0 N–H and O–H groups in total. The zero-order valence-corrected chi connectivity index (χ0v) is 7.84. The van der Waals surface area contributed by atoms with Gasteiger partial charge in [-0.1, -0.05) is 0 Å². The maximum atomic E-state index is 13.3. The van der Waals surface area contributed by atoms with Crippen molar-refractivity contribution in [1.29, 1.82) is 0 Å². The lowest BCUT2D eigenvalue weighted by Gasteiger charge is -2.09. The normalized spacial score (nSPS) is 10.0. The van der Waals surface area contributed by atoms with E-state index in [9.17, 15) is 8.78 Å². The molecule has 0 aliphatic rings. The minimum Gasteiger partial charge on any atom is -0.494 e. The molecule has 1 aromatic rings. The topological polar surface area (TPSA) is 27.7 Å². The largest absolute Gasteiger partial charge is 0.494 e. The number of ether oxygens (including phenoxy) is 3. The number of benzene rings is 1. The predicted octanol–water partition coefficient (Wildman–Crippen LogP) is 1.96. The first-order chi connectivity index (χ1) is 6.70. The van der Waals surface area contributed by atoms with Gasteiger partial charge in [-0.25, -0.2) is 4.39 Å². The second kappa shape index (κ2) is 4.76. The van der Waals surface area contributed by atoms with Crippen LogP contribution in [0.2, 0.25) is 0 Å². The molecule has 0 saturated carbocycles. The van der Waals surface area contributed by atoms with Crippen LogP contribution in [0, 0.1) is 11.6 Å². The lowest BCUT2D eigenvalue weighted by molar-refractivity contribution is 0.0448. The fourth-order valence-corrected chi connectivity index (χ4v) is 0.922. The van der Waals surface area contributed by atoms with Gasteiger partial charge in [0.1, 0.15) is 0 Å². The monoisotopic (exact) mass is 204 g/mol. The summed E-state index contributed by atoms with van der Waals surface area (Å²) in [6, 6.07) is 2.25. The van der Waals surface area contributed by atoms with Crippen molar-refractivity contribution in [1.82, 2.24) is 0 Å². The van der Waals surface area contributed by atoms with E-state index in [1.54, 1.807) is 0 Å². The van der Waals surface area contributed by atoms with Crippen molar-refractivity contribution in [3.63, 3.8) is 0 Å². The summed E-state index contributed by atoms with van der Waals surface area (Å²) in [5.74, 6) is -2.23. The highest BCUT2D eigenvalue weighted by Crippen LogP contribution is 2.29. The Balaban J connectivity index is 2.99. The average molecular weight is 204 g/mol. The molecule has 78 valence electrons. The molecule has 0 heterocycles. The quantitative estimate of drug-likeness (QED) is 0.701. The summed E-state index contributed by atoms with van der Waals surface area (Å²) in [6.07, 6.45) is 0. The van der Waals surface area contributed by atoms with Gasteiger partial charge in [0.25, 0.3) is 0 Å². The van der Waals surface area contributed by atoms with Gasteiger partial charge in [-0.3, -0.25) is 0 Å². The van der Waals surface area contributed by atoms with Crippen molar-refractivity contribution < 1.29 is 23.0 Å². The summed E-state index contributed by atoms with van der Waals surface area (Å²) in [4.78, 5) is 0. The smallest absolute Gasteiger partial charge is 0.209 e. The molecule has 0 spiro atoms. The summed E-state index contributed by atoms with van der Waals surface area (Å²) in [5, 5.41) is 0. The van der Waals surface area contributed by atoms with Crippen LogP contribution in [-0.4, -0.2) is 21.0 Å². The van der Waals surface area contributed by atoms with Gasteiger partial charge in [-0.15, -0.1) is 0 Å². The molecule has 0 aliphatic carbocycles. The highest BCUT2D eigenvalue weighted by Gasteiger charge is 2.15. The summed E-state index contributed by atoms with van der Waals surface area (Å²) < 4.78 is 40.2. The maximum absolute atomic E-state index is 13.3. The molecule has 3 nitrogen and oxygen atoms in total. The van der Waals surface area contributed by atoms with E-state index in [2.05, 4.69) is 9.47 Å². The molecule has 0 aromatic heterocycles. The second-order valence-electron chi connectivity index (χ2n) is 2.44. The molecule has 5 heteroatoms. The SMILES string of the molecule is COCOc1c(F)ccc(OC)c1F. The molecule has 0 fully saturated rings. The van der Waals surface area contributed by atoms with E-state index in [1.165, 1.54) is 20.3 Å². The first-order valence-electron chi connectivity index (χ1n) is 3.84. The molecule has 1 rings (SSSR count). The van der Waals surface area contributed by atoms with Crippen LogP contribution < -0.4 is 9.47 Å². The minimum absolute atomic E-state index is 0.0718. The van der Waals surface area contributed by atoms with E-state index >= 15 is 0 Å². The lowest BCUT2D eigenvalue weighted by atomic mass is 10.3. The molecule has 0 amide bonds. The van der Waals surface area contributed by atoms with E-state index in [1.807, 2.05) is 0 Å². The molecule has 0 atom stereocenters. The van der Waals surface area contributed by atoms with Crippen molar-refractivity contribution in [3.05, 3.63) is 23.8 Å². The standard InChI is InChI=1S/C9H10F2O3/c1-12-5-14-9-6(10)3-4-7(13-2)8(9)11/h3-4H,5H2,1-2H3. The van der Waals surface area contributed by atoms with Crippen molar-refractivity contribution in [3.8, 4) is 11.5 Å². The van der Waals surface area contributed by atoms with Crippen LogP contribution in [0.25, 0.3) is 0 Å². The van der Waals surface area contributed by atoms with E-state index in [-0.39, 0.29) is 12.5 Å². The Bertz CT molecular complexity index is 315. The minimum atomic E-state index is -0.871. The summed E-state index contributed by atoms with van der Waals surface area (Å²) >= 11 is 0. The van der Waals surface area contributed by atoms with Crippen molar-refractivity contribution in [2.75, 3.05) is 21.0 Å². The van der Waals surface area contributed by atoms with Gasteiger partial charge in [0, 0.05) is 7.11 Å². The Kier molecular flexibility index (Phi) is 3.64. The Morgan fingerprint density at radius 2 is 1.93 bits per heavy atom. The molecule has 0 bridgehead atoms. The van der Waals surface area contributed by atoms with Gasteiger partial charge in [0.2, 0.25) is 5.82 Å². The molecule has 0 unspecified atom stereocenters. The van der Waals surface area contributed by atoms with E-state index < -0.39 is 17.4 Å². The van der Waals surface area contributed by atoms with Crippen LogP contribution in [0.1, 0.15) is 0 Å². The van der Waals surface area contributed by atoms with Gasteiger partial charge < -0.3 is 14.2 Å². The van der Waals surface area contributed by atoms with E-state index in [0.717, 1.165) is 6.07 Å². The van der Waals surface area contributed by atoms with Crippen LogP contribution in [-0.2, 0) is 4.74 Å². The highest BCUT2D eigenvalue weighted by molar-refractivity contribution is 5.36. The molecule has 1 aromatic carbocycles. The van der Waals surface area contributed by atoms with Gasteiger partial charge in [0.15, 0.2) is 24.1 Å². The second-order valence-corrected chi connectivity index (χ2v) is 2.44. The summed E-state index contributed by atoms with van der Waals surface area (Å²) in [6.45, 7) is -0.221. The van der Waals surface area contributed by atoms with Crippen molar-refractivity contribution in [2.24, 2.45) is 0 Å². The van der Waals surface area contributed by atoms with Crippen LogP contribution in [0.3, 0.4) is 0 Å². The summed E-state index contributed by atoms with van der Waals surface area (Å²) in [5.41, 5.74) is 0. The zero-order chi connectivity index (χ0) is 10.6. The number of hydrogen-bond donors (Lipinski definition) is 0. The molecule has 0 aliphatic heterocycles. The third-order valence-electron chi connectivity index (χ3n) is 1.55. The first-order valence-corrected chi connectivity index (χ1v) is 3.84. The predicted molar refractivity (Wildman–Crippen MR) is 45.4 cm³/mol. The first kappa shape index (κ1) is 10.7. The fourth-order valence-electron chi connectivity index (χ4n) is 0.922. The number of rotatable bonds is 4. The number of methoxy groups -OCH3 is 2. The molecular weight excluding hydrogens is 194 g/mol. The summed E-state index contributed by atoms with van der Waals surface area (Å²) in [7, 11) is 2.65. The fraction of sp³-hybridized carbons (Fsp3) is 0.333. The van der Waals surface area contributed by atoms with Gasteiger partial charge >= 0.3 is 0 Å². The van der Waals surface area contributed by atoms with Crippen LogP contribution >= 0.6 is 0 Å². The van der Waals surface area contributed by atoms with Crippen LogP contribution in [0.5, 0.6) is 11.5 Å². The zero-order valence-electron chi connectivity index (χ0n) is 7.84. The van der Waals surface area contributed by atoms with Crippen LogP contribution in [0.15, 0.2) is 12.1 Å². The Morgan fingerprint density at radius 3 is 2.50 bits per heavy atom. The van der Waals surface area contributed by atoms with E-state index in [0.29, 0.717) is 0 Å². The van der Waals surface area contributed by atoms with Gasteiger partial charge in [0.05, 0.1) is 7.11 Å². The van der Waals surface area contributed by atoms with Crippen molar-refractivity contribution in [2.45, 2.75) is 0 Å². The number of halogens is 2. The third-order valence-corrected chi connectivity index (χ3v) is 1.55. The molecule has 0 saturated heterocycles. The maximum Gasteiger partial charge on any atom is 0.209 e. The Labute approximate surface area is 80.2 Å².